The Bertz CT molecular complexity index is 25.0. The molecule has 46 valence electrons. The van der Waals surface area contributed by atoms with Crippen LogP contribution in [0.3, 0.4) is 0 Å². The van der Waals surface area contributed by atoms with Crippen molar-refractivity contribution in [3.63, 3.8) is 0 Å². The molecule has 0 aromatic rings. The average Bonchev–Trinajstić information content (AvgIpc) is 1.65. The van der Waals surface area contributed by atoms with Crippen molar-refractivity contribution in [2.45, 2.75) is 37.7 Å². The number of hydrogen-bond donors (Lipinski definition) is 0. The van der Waals surface area contributed by atoms with Crippen molar-refractivity contribution in [3.8, 4) is 0 Å². The SMILES string of the molecule is CC(C)Cl.[Li][CH2]CC. The maximum atomic E-state index is 5.27. The standard InChI is InChI=1S/C3H7Cl.C3H7.Li/c1-3(2)4;1-3-2;/h3H,1-2H3;1,3H2,2H3;. The van der Waals surface area contributed by atoms with E-state index in [2.05, 4.69) is 24.6 Å². The zero-order chi connectivity index (χ0) is 6.99. The van der Waals surface area contributed by atoms with Gasteiger partial charge in [-0.1, -0.05) is 0 Å². The summed E-state index contributed by atoms with van der Waals surface area (Å²) in [7, 11) is 0. The van der Waals surface area contributed by atoms with Gasteiger partial charge in [0.25, 0.3) is 0 Å². The summed E-state index contributed by atoms with van der Waals surface area (Å²) < 4.78 is 0. The van der Waals surface area contributed by atoms with Crippen molar-refractivity contribution in [3.05, 3.63) is 0 Å². The van der Waals surface area contributed by atoms with E-state index in [0.29, 0.717) is 5.38 Å². The molecule has 0 saturated heterocycles. The van der Waals surface area contributed by atoms with E-state index in [1.165, 1.54) is 11.5 Å². The van der Waals surface area contributed by atoms with Crippen molar-refractivity contribution < 1.29 is 0 Å². The molecule has 0 aliphatic heterocycles. The van der Waals surface area contributed by atoms with E-state index in [4.69, 9.17) is 11.6 Å². The number of rotatable bonds is 1. The van der Waals surface area contributed by atoms with E-state index in [-0.39, 0.29) is 0 Å². The Balaban J connectivity index is 0. The molecule has 0 N–H and O–H groups in total. The molecule has 0 spiro atoms. The van der Waals surface area contributed by atoms with Crippen LogP contribution < -0.4 is 0 Å². The van der Waals surface area contributed by atoms with Crippen LogP contribution in [0.4, 0.5) is 0 Å². The summed E-state index contributed by atoms with van der Waals surface area (Å²) in [5.74, 6) is 0. The van der Waals surface area contributed by atoms with E-state index >= 15 is 0 Å². The summed E-state index contributed by atoms with van der Waals surface area (Å²) in [6, 6.07) is 0. The average molecular weight is 129 g/mol. The third-order valence-corrected chi connectivity index (χ3v) is 0.500. The number of hydrogen-bond acceptors (Lipinski definition) is 0. The van der Waals surface area contributed by atoms with Crippen molar-refractivity contribution in [2.75, 3.05) is 0 Å². The Hall–Kier alpha value is 0.887. The Morgan fingerprint density at radius 1 is 1.50 bits per heavy atom. The van der Waals surface area contributed by atoms with E-state index in [0.717, 1.165) is 0 Å². The van der Waals surface area contributed by atoms with Gasteiger partial charge in [0.1, 0.15) is 0 Å². The van der Waals surface area contributed by atoms with Crippen LogP contribution in [0.15, 0.2) is 0 Å². The summed E-state index contributed by atoms with van der Waals surface area (Å²) in [6.45, 7) is 6.04. The summed E-state index contributed by atoms with van der Waals surface area (Å²) in [6.07, 6.45) is 1.32. The van der Waals surface area contributed by atoms with Crippen LogP contribution in [0, 0.1) is 0 Å². The van der Waals surface area contributed by atoms with Crippen LogP contribution >= 0.6 is 11.6 Å². The summed E-state index contributed by atoms with van der Waals surface area (Å²) in [4.78, 5) is 0. The molecule has 0 aliphatic carbocycles. The molecule has 8 heavy (non-hydrogen) atoms. The van der Waals surface area contributed by atoms with Crippen molar-refractivity contribution in [1.29, 1.82) is 0 Å². The van der Waals surface area contributed by atoms with E-state index in [1.54, 1.807) is 0 Å². The molecule has 0 radical (unpaired) electrons. The van der Waals surface area contributed by atoms with Gasteiger partial charge >= 0.3 is 36.2 Å². The molecule has 0 aromatic heterocycles. The van der Waals surface area contributed by atoms with Gasteiger partial charge < -0.3 is 0 Å². The van der Waals surface area contributed by atoms with Gasteiger partial charge in [-0.3, -0.25) is 0 Å². The molecule has 0 aromatic carbocycles. The second kappa shape index (κ2) is 10.8. The van der Waals surface area contributed by atoms with Crippen molar-refractivity contribution in [2.24, 2.45) is 0 Å². The van der Waals surface area contributed by atoms with Crippen LogP contribution in [-0.2, 0) is 0 Å². The Labute approximate surface area is 67.2 Å². The molecule has 0 rings (SSSR count). The normalized spacial score (nSPS) is 8.38. The first kappa shape index (κ1) is 11.7. The van der Waals surface area contributed by atoms with Crippen LogP contribution in [0.25, 0.3) is 0 Å². The van der Waals surface area contributed by atoms with Crippen LogP contribution in [0.1, 0.15) is 27.2 Å². The van der Waals surface area contributed by atoms with Gasteiger partial charge in [0.15, 0.2) is 0 Å². The van der Waals surface area contributed by atoms with Gasteiger partial charge in [-0.15, -0.1) is 11.6 Å². The van der Waals surface area contributed by atoms with E-state index in [1.807, 2.05) is 13.8 Å². The Morgan fingerprint density at radius 2 is 1.62 bits per heavy atom. The summed E-state index contributed by atoms with van der Waals surface area (Å²) in [5.41, 5.74) is 0. The second-order valence-corrected chi connectivity index (χ2v) is 2.89. The molecule has 0 amide bonds. The summed E-state index contributed by atoms with van der Waals surface area (Å²) in [5, 5.41) is 1.62. The monoisotopic (exact) mass is 128 g/mol. The fourth-order valence-corrected chi connectivity index (χ4v) is 0. The molecule has 0 aliphatic rings. The zero-order valence-electron chi connectivity index (χ0n) is 6.37. The van der Waals surface area contributed by atoms with Gasteiger partial charge in [-0.05, 0) is 13.8 Å². The molecular weight excluding hydrogens is 114 g/mol. The maximum absolute atomic E-state index is 5.27. The van der Waals surface area contributed by atoms with Gasteiger partial charge in [0.05, 0.1) is 0 Å². The van der Waals surface area contributed by atoms with Crippen LogP contribution in [0.2, 0.25) is 5.09 Å². The first-order valence-electron chi connectivity index (χ1n) is 3.29. The van der Waals surface area contributed by atoms with Gasteiger partial charge in [-0.25, -0.2) is 0 Å². The molecular formula is C6H14ClLi. The third-order valence-electron chi connectivity index (χ3n) is 0.500. The predicted molar refractivity (Wildman–Crippen MR) is 41.8 cm³/mol. The summed E-state index contributed by atoms with van der Waals surface area (Å²) >= 11 is 7.46. The molecule has 2 heteroatoms. The van der Waals surface area contributed by atoms with Crippen LogP contribution in [-0.4, -0.2) is 23.1 Å². The Morgan fingerprint density at radius 3 is 1.62 bits per heavy atom. The molecule has 0 nitrogen and oxygen atoms in total. The molecule has 0 heterocycles. The molecule has 0 atom stereocenters. The number of alkyl halides is 1. The van der Waals surface area contributed by atoms with E-state index in [9.17, 15) is 0 Å². The predicted octanol–water partition coefficient (Wildman–Crippen LogP) is 2.62. The van der Waals surface area contributed by atoms with E-state index < -0.39 is 0 Å². The van der Waals surface area contributed by atoms with Gasteiger partial charge in [-0.2, -0.15) is 0 Å². The minimum atomic E-state index is 0.306. The fraction of sp³-hybridized carbons (Fsp3) is 1.00. The zero-order valence-corrected chi connectivity index (χ0v) is 7.13. The first-order chi connectivity index (χ1) is 3.65. The third kappa shape index (κ3) is 67.0. The molecule has 0 saturated carbocycles. The second-order valence-electron chi connectivity index (χ2n) is 2.01. The molecule has 0 bridgehead atoms. The number of halogens is 1. The quantitative estimate of drug-likeness (QED) is 0.376. The van der Waals surface area contributed by atoms with Gasteiger partial charge in [0, 0.05) is 5.38 Å². The minimum absolute atomic E-state index is 0.306. The van der Waals surface area contributed by atoms with Crippen molar-refractivity contribution >= 4 is 29.3 Å². The first-order valence-corrected chi connectivity index (χ1v) is 3.72. The molecule has 0 fully saturated rings. The topological polar surface area (TPSA) is 0 Å². The molecule has 0 unspecified atom stereocenters. The Kier molecular flexibility index (Phi) is 15.7. The fourth-order valence-electron chi connectivity index (χ4n) is 0. The van der Waals surface area contributed by atoms with Crippen LogP contribution in [0.5, 0.6) is 0 Å². The van der Waals surface area contributed by atoms with Gasteiger partial charge in [0.2, 0.25) is 0 Å². The van der Waals surface area contributed by atoms with Crippen molar-refractivity contribution in [1.82, 2.24) is 0 Å².